The maximum absolute atomic E-state index is 12.0. The van der Waals surface area contributed by atoms with Gasteiger partial charge >= 0.3 is 35.8 Å². The first-order chi connectivity index (χ1) is 64.5. The fourth-order valence-electron chi connectivity index (χ4n) is 16.3. The van der Waals surface area contributed by atoms with Crippen molar-refractivity contribution in [3.05, 3.63) is 273 Å². The molecule has 8 N–H and O–H groups in total. The number of methoxy groups -OCH3 is 12. The number of hydrogen-bond donors (Lipinski definition) is 8. The summed E-state index contributed by atoms with van der Waals surface area (Å²) in [6, 6.07) is 57.4. The van der Waals surface area contributed by atoms with E-state index in [1.807, 2.05) is 24.3 Å². The predicted octanol–water partition coefficient (Wildman–Crippen LogP) is 16.5. The molecular weight excluding hydrogens is 1740 g/mol. The molecule has 0 amide bonds. The number of fused-ring (bicyclic) bond motifs is 6. The lowest BCUT2D eigenvalue weighted by Gasteiger charge is -2.27. The third kappa shape index (κ3) is 21.5. The lowest BCUT2D eigenvalue weighted by atomic mass is 9.85. The molecule has 12 aromatic carbocycles. The number of carbonyl (C=O) groups excluding carboxylic acids is 6. The molecule has 0 unspecified atom stereocenters. The molecule has 696 valence electrons. The first-order valence-corrected chi connectivity index (χ1v) is 41.5. The molecule has 0 saturated carbocycles. The highest BCUT2D eigenvalue weighted by Crippen LogP contribution is 2.53. The van der Waals surface area contributed by atoms with Crippen LogP contribution in [-0.2, 0) is 28.8 Å². The van der Waals surface area contributed by atoms with Crippen molar-refractivity contribution in [3.63, 3.8) is 0 Å². The number of phenols is 8. The van der Waals surface area contributed by atoms with Gasteiger partial charge in [0.1, 0.15) is 80.5 Å². The molecule has 0 aromatic heterocycles. The molecule has 6 atom stereocenters. The van der Waals surface area contributed by atoms with Crippen LogP contribution in [0.5, 0.6) is 149 Å². The largest absolute Gasteiger partial charge is 0.508 e. The molecule has 12 aromatic rings. The molecule has 6 aliphatic rings. The van der Waals surface area contributed by atoms with E-state index in [-0.39, 0.29) is 156 Å². The zero-order valence-corrected chi connectivity index (χ0v) is 74.7. The number of benzene rings is 12. The second-order valence-corrected chi connectivity index (χ2v) is 30.7. The van der Waals surface area contributed by atoms with Gasteiger partial charge in [-0.1, -0.05) is 60.7 Å². The number of esters is 6. The maximum atomic E-state index is 12.0. The second-order valence-electron chi connectivity index (χ2n) is 30.7. The molecule has 134 heavy (non-hydrogen) atoms. The Hall–Kier alpha value is -16.5. The Bertz CT molecular complexity index is 6020. The van der Waals surface area contributed by atoms with Crippen molar-refractivity contribution >= 4 is 35.8 Å². The van der Waals surface area contributed by atoms with E-state index in [2.05, 4.69) is 0 Å². The van der Waals surface area contributed by atoms with Gasteiger partial charge in [0.2, 0.25) is 0 Å². The van der Waals surface area contributed by atoms with Crippen LogP contribution in [0.2, 0.25) is 0 Å². The van der Waals surface area contributed by atoms with E-state index in [0.717, 1.165) is 66.8 Å². The van der Waals surface area contributed by atoms with Crippen molar-refractivity contribution in [2.75, 3.05) is 85.3 Å². The number of ether oxygens (including phenoxy) is 18. The van der Waals surface area contributed by atoms with E-state index in [1.165, 1.54) is 81.1 Å². The highest BCUT2D eigenvalue weighted by molar-refractivity contribution is 5.83. The first-order valence-electron chi connectivity index (χ1n) is 41.5. The Morgan fingerprint density at radius 2 is 0.403 bits per heavy atom. The van der Waals surface area contributed by atoms with Crippen LogP contribution in [0.4, 0.5) is 0 Å². The molecule has 18 rings (SSSR count). The molecule has 0 aliphatic carbocycles. The van der Waals surface area contributed by atoms with Crippen LogP contribution in [0.25, 0.3) is 0 Å². The number of aromatic hydroxyl groups is 8. The van der Waals surface area contributed by atoms with Gasteiger partial charge in [-0.3, -0.25) is 28.8 Å². The first kappa shape index (κ1) is 95.1. The zero-order chi connectivity index (χ0) is 95.9. The Morgan fingerprint density at radius 3 is 0.634 bits per heavy atom. The van der Waals surface area contributed by atoms with Gasteiger partial charge in [-0.25, -0.2) is 0 Å². The Balaban J connectivity index is 0.000000136. The van der Waals surface area contributed by atoms with Gasteiger partial charge in [0.25, 0.3) is 0 Å². The van der Waals surface area contributed by atoms with Crippen LogP contribution in [0.3, 0.4) is 0 Å². The second kappa shape index (κ2) is 42.4. The van der Waals surface area contributed by atoms with Gasteiger partial charge in [-0.15, -0.1) is 0 Å². The highest BCUT2D eigenvalue weighted by Gasteiger charge is 2.38. The van der Waals surface area contributed by atoms with E-state index >= 15 is 0 Å². The molecule has 32 heteroatoms. The number of phenolic OH excluding ortho intramolecular Hbond substituents is 8. The van der Waals surface area contributed by atoms with Gasteiger partial charge < -0.3 is 126 Å². The molecule has 6 aliphatic heterocycles. The van der Waals surface area contributed by atoms with Crippen LogP contribution in [0.15, 0.2) is 206 Å². The maximum Gasteiger partial charge on any atom is 0.312 e. The third-order valence-electron chi connectivity index (χ3n) is 22.9. The monoisotopic (exact) mass is 1830 g/mol. The van der Waals surface area contributed by atoms with Crippen molar-refractivity contribution in [1.82, 2.24) is 0 Å². The summed E-state index contributed by atoms with van der Waals surface area (Å²) >= 11 is 0. The third-order valence-corrected chi connectivity index (χ3v) is 22.9. The Labute approximate surface area is 768 Å². The summed E-state index contributed by atoms with van der Waals surface area (Å²) in [5.41, 5.74) is 10.1. The molecule has 0 saturated heterocycles. The summed E-state index contributed by atoms with van der Waals surface area (Å²) in [7, 11) is 18.2. The average molecular weight is 1830 g/mol. The summed E-state index contributed by atoms with van der Waals surface area (Å²) < 4.78 is 94.2. The summed E-state index contributed by atoms with van der Waals surface area (Å²) in [6.45, 7) is 0. The fraction of sp³-hybridized carbons (Fsp3) is 0.235. The molecular formula is C102H96O32. The molecule has 0 spiro atoms. The number of carbonyl (C=O) groups is 6. The minimum atomic E-state index is -0.356. The van der Waals surface area contributed by atoms with Crippen molar-refractivity contribution < 1.29 is 155 Å². The van der Waals surface area contributed by atoms with Crippen LogP contribution in [-0.4, -0.2) is 162 Å². The highest BCUT2D eigenvalue weighted by atomic mass is 16.6. The average Bonchev–Trinajstić information content (AvgIpc) is 0.763. The van der Waals surface area contributed by atoms with Crippen molar-refractivity contribution in [2.24, 2.45) is 0 Å². The van der Waals surface area contributed by atoms with Crippen LogP contribution in [0.1, 0.15) is 141 Å². The molecule has 32 nitrogen and oxygen atoms in total. The van der Waals surface area contributed by atoms with Crippen LogP contribution >= 0.6 is 0 Å². The predicted molar refractivity (Wildman–Crippen MR) is 482 cm³/mol. The molecule has 0 bridgehead atoms. The van der Waals surface area contributed by atoms with E-state index in [1.54, 1.807) is 186 Å². The van der Waals surface area contributed by atoms with Gasteiger partial charge in [-0.2, -0.15) is 0 Å². The van der Waals surface area contributed by atoms with Crippen molar-refractivity contribution in [3.8, 4) is 149 Å². The normalized spacial score (nSPS) is 16.6. The molecule has 6 heterocycles. The zero-order valence-electron chi connectivity index (χ0n) is 74.7. The van der Waals surface area contributed by atoms with Crippen LogP contribution in [0, 0.1) is 0 Å². The van der Waals surface area contributed by atoms with E-state index < -0.39 is 0 Å². The summed E-state index contributed by atoms with van der Waals surface area (Å²) in [5, 5.41) is 77.4. The lowest BCUT2D eigenvalue weighted by Crippen LogP contribution is -2.21. The number of hydrogen-bond acceptors (Lipinski definition) is 32. The summed E-state index contributed by atoms with van der Waals surface area (Å²) in [5.74, 6) is 5.47. The van der Waals surface area contributed by atoms with Crippen LogP contribution < -0.4 is 85.3 Å². The minimum Gasteiger partial charge on any atom is -0.508 e. The topological polar surface area (TPSA) is 430 Å². The summed E-state index contributed by atoms with van der Waals surface area (Å²) in [4.78, 5) is 71.4. The van der Waals surface area contributed by atoms with Crippen molar-refractivity contribution in [1.29, 1.82) is 0 Å². The van der Waals surface area contributed by atoms with E-state index in [9.17, 15) is 69.6 Å². The van der Waals surface area contributed by atoms with Gasteiger partial charge in [0.15, 0.2) is 69.0 Å². The quantitative estimate of drug-likeness (QED) is 0.0292. The fourth-order valence-corrected chi connectivity index (χ4v) is 16.3. The Morgan fingerprint density at radius 1 is 0.201 bits per heavy atom. The number of rotatable bonds is 18. The van der Waals surface area contributed by atoms with E-state index in [0.29, 0.717) is 103 Å². The SMILES string of the molecule is COc1cc(OC)c2c(c1)OC(=O)C[C@@H]2c1ccc(O)c(OC)c1.COc1cc(OC)c2c(c1)OC(=O)C[C@H]2c1ccc(O)c(OC)c1.COc1cc([C@@H]2CC(=O)Oc3cc(O)ccc32)ccc1O.COc1cc([C@H]2CC(=O)Oc3cc(O)ccc32)ccc1O.COc1ccc2c(c1)OC(=O)C[C@@H]2c1ccc(O)c(OC)c1.COc1ccc2c(c1)OC(=O)C[C@H]2c1ccc(O)c(OC)c1. The van der Waals surface area contributed by atoms with Crippen molar-refractivity contribution in [2.45, 2.75) is 74.0 Å². The van der Waals surface area contributed by atoms with Gasteiger partial charge in [0, 0.05) is 117 Å². The smallest absolute Gasteiger partial charge is 0.312 e. The molecule has 0 radical (unpaired) electrons. The van der Waals surface area contributed by atoms with E-state index in [4.69, 9.17) is 85.3 Å². The Kier molecular flexibility index (Phi) is 30.0. The van der Waals surface area contributed by atoms with Gasteiger partial charge in [0.05, 0.1) is 124 Å². The summed E-state index contributed by atoms with van der Waals surface area (Å²) in [6.07, 6.45) is 1.23. The molecule has 0 fully saturated rings. The lowest BCUT2D eigenvalue weighted by molar-refractivity contribution is -0.136. The standard InChI is InChI=1S/2C18H18O6.2C17H16O5.2C16H14O5/c2*1-21-11-7-15(23-3)18-12(9-17(20)24-16(18)8-11)10-4-5-13(19)14(6-10)22-2;2*1-20-11-4-5-12-13(9-17(19)22-15(12)8-11)10-3-6-14(18)16(7-10)21-2;2*1-20-15-6-9(2-5-13(15)18)12-8-16(19)21-14-7-10(17)3-4-11(12)14/h2*4-8,12,19H,9H2,1-3H3;2*3-8,13,18H,9H2,1-2H3;2*2-7,12,17-18H,8H2,1H3/t2*12-;2*13-;2*12-/m101010/s1. The minimum absolute atomic E-state index is 0.0431. The van der Waals surface area contributed by atoms with Gasteiger partial charge in [-0.05, 0) is 130 Å².